The first kappa shape index (κ1) is 17.6. The maximum Gasteiger partial charge on any atom is 0.305 e. The summed E-state index contributed by atoms with van der Waals surface area (Å²) in [6.45, 7) is 5.85. The Morgan fingerprint density at radius 1 is 1.13 bits per heavy atom. The van der Waals surface area contributed by atoms with Crippen molar-refractivity contribution in [2.24, 2.45) is 0 Å². The van der Waals surface area contributed by atoms with Crippen LogP contribution in [-0.4, -0.2) is 63.9 Å². The Bertz CT molecular complexity index is 458. The van der Waals surface area contributed by atoms with Gasteiger partial charge in [0.25, 0.3) is 0 Å². The minimum absolute atomic E-state index is 0.154. The first-order valence-electron chi connectivity index (χ1n) is 8.13. The van der Waals surface area contributed by atoms with Gasteiger partial charge < -0.3 is 19.5 Å². The summed E-state index contributed by atoms with van der Waals surface area (Å²) in [5, 5.41) is 3.30. The number of benzene rings is 1. The van der Waals surface area contributed by atoms with Gasteiger partial charge in [0, 0.05) is 39.1 Å². The van der Waals surface area contributed by atoms with Crippen LogP contribution >= 0.6 is 0 Å². The molecule has 1 fully saturated rings. The average Bonchev–Trinajstić information content (AvgIpc) is 2.60. The van der Waals surface area contributed by atoms with Crippen molar-refractivity contribution in [3.63, 3.8) is 0 Å². The zero-order valence-electron chi connectivity index (χ0n) is 13.8. The molecule has 1 N–H and O–H groups in total. The van der Waals surface area contributed by atoms with Crippen LogP contribution in [-0.2, 0) is 9.53 Å². The molecular formula is C17H26N2O4. The highest BCUT2D eigenvalue weighted by atomic mass is 16.5. The molecule has 0 saturated carbocycles. The number of nitrogens with one attached hydrogen (secondary N) is 1. The van der Waals surface area contributed by atoms with Crippen LogP contribution in [0.1, 0.15) is 12.8 Å². The predicted molar refractivity (Wildman–Crippen MR) is 88.0 cm³/mol. The monoisotopic (exact) mass is 322 g/mol. The molecule has 0 aromatic heterocycles. The van der Waals surface area contributed by atoms with Gasteiger partial charge >= 0.3 is 5.97 Å². The average molecular weight is 322 g/mol. The van der Waals surface area contributed by atoms with Crippen molar-refractivity contribution in [1.82, 2.24) is 10.2 Å². The van der Waals surface area contributed by atoms with Crippen LogP contribution in [0.2, 0.25) is 0 Å². The quantitative estimate of drug-likeness (QED) is 0.546. The maximum atomic E-state index is 11.7. The van der Waals surface area contributed by atoms with E-state index in [0.29, 0.717) is 26.1 Å². The third kappa shape index (κ3) is 6.88. The number of nitrogens with zero attached hydrogens (tertiary/aromatic N) is 1. The Balaban J connectivity index is 1.50. The number of esters is 1. The number of methoxy groups -OCH3 is 1. The lowest BCUT2D eigenvalue weighted by atomic mass is 10.3. The van der Waals surface area contributed by atoms with Crippen LogP contribution in [0.25, 0.3) is 0 Å². The van der Waals surface area contributed by atoms with E-state index >= 15 is 0 Å². The number of ether oxygens (including phenoxy) is 3. The summed E-state index contributed by atoms with van der Waals surface area (Å²) in [6, 6.07) is 7.40. The molecule has 1 aromatic rings. The molecule has 1 saturated heterocycles. The van der Waals surface area contributed by atoms with Crippen molar-refractivity contribution < 1.29 is 19.0 Å². The van der Waals surface area contributed by atoms with Gasteiger partial charge in [-0.1, -0.05) is 0 Å². The Labute approximate surface area is 137 Å². The van der Waals surface area contributed by atoms with Gasteiger partial charge in [-0.2, -0.15) is 0 Å². The SMILES string of the molecule is COc1ccc(OCCCC(=O)OCCN2CCNCC2)cc1. The normalized spacial score (nSPS) is 15.2. The van der Waals surface area contributed by atoms with Crippen LogP contribution in [0, 0.1) is 0 Å². The molecule has 128 valence electrons. The molecule has 23 heavy (non-hydrogen) atoms. The van der Waals surface area contributed by atoms with Crippen molar-refractivity contribution in [3.8, 4) is 11.5 Å². The molecule has 0 radical (unpaired) electrons. The molecule has 0 bridgehead atoms. The highest BCUT2D eigenvalue weighted by molar-refractivity contribution is 5.69. The van der Waals surface area contributed by atoms with E-state index in [9.17, 15) is 4.79 Å². The fraction of sp³-hybridized carbons (Fsp3) is 0.588. The van der Waals surface area contributed by atoms with E-state index in [0.717, 1.165) is 44.2 Å². The molecule has 0 aliphatic carbocycles. The largest absolute Gasteiger partial charge is 0.497 e. The molecule has 1 heterocycles. The Morgan fingerprint density at radius 2 is 1.83 bits per heavy atom. The first-order valence-corrected chi connectivity index (χ1v) is 8.13. The topological polar surface area (TPSA) is 60.0 Å². The van der Waals surface area contributed by atoms with Crippen molar-refractivity contribution in [2.75, 3.05) is 53.0 Å². The smallest absolute Gasteiger partial charge is 0.305 e. The second kappa shape index (κ2) is 10.1. The van der Waals surface area contributed by atoms with Gasteiger partial charge in [-0.05, 0) is 30.7 Å². The van der Waals surface area contributed by atoms with Crippen LogP contribution < -0.4 is 14.8 Å². The minimum Gasteiger partial charge on any atom is -0.497 e. The van der Waals surface area contributed by atoms with Gasteiger partial charge in [0.15, 0.2) is 0 Å². The van der Waals surface area contributed by atoms with Crippen LogP contribution in [0.5, 0.6) is 11.5 Å². The van der Waals surface area contributed by atoms with Crippen molar-refractivity contribution in [1.29, 1.82) is 0 Å². The lowest BCUT2D eigenvalue weighted by molar-refractivity contribution is -0.144. The Kier molecular flexibility index (Phi) is 7.69. The van der Waals surface area contributed by atoms with Crippen molar-refractivity contribution >= 4 is 5.97 Å². The van der Waals surface area contributed by atoms with Gasteiger partial charge in [0.2, 0.25) is 0 Å². The molecule has 0 spiro atoms. The number of piperazine rings is 1. The van der Waals surface area contributed by atoms with Gasteiger partial charge in [-0.15, -0.1) is 0 Å². The fourth-order valence-electron chi connectivity index (χ4n) is 2.37. The lowest BCUT2D eigenvalue weighted by Gasteiger charge is -2.26. The summed E-state index contributed by atoms with van der Waals surface area (Å²) in [7, 11) is 1.63. The van der Waals surface area contributed by atoms with E-state index in [1.807, 2.05) is 24.3 Å². The number of rotatable bonds is 9. The molecule has 0 unspecified atom stereocenters. The highest BCUT2D eigenvalue weighted by Crippen LogP contribution is 2.17. The van der Waals surface area contributed by atoms with E-state index in [-0.39, 0.29) is 5.97 Å². The third-order valence-electron chi connectivity index (χ3n) is 3.73. The van der Waals surface area contributed by atoms with Gasteiger partial charge in [0.05, 0.1) is 13.7 Å². The van der Waals surface area contributed by atoms with Crippen LogP contribution in [0.4, 0.5) is 0 Å². The molecule has 6 heteroatoms. The summed E-state index contributed by atoms with van der Waals surface area (Å²) in [5.41, 5.74) is 0. The molecular weight excluding hydrogens is 296 g/mol. The van der Waals surface area contributed by atoms with Crippen LogP contribution in [0.15, 0.2) is 24.3 Å². The van der Waals surface area contributed by atoms with E-state index in [1.165, 1.54) is 0 Å². The first-order chi connectivity index (χ1) is 11.3. The Morgan fingerprint density at radius 3 is 2.52 bits per heavy atom. The van der Waals surface area contributed by atoms with E-state index in [2.05, 4.69) is 10.2 Å². The second-order valence-corrected chi connectivity index (χ2v) is 5.44. The summed E-state index contributed by atoms with van der Waals surface area (Å²) < 4.78 is 15.9. The molecule has 6 nitrogen and oxygen atoms in total. The van der Waals surface area contributed by atoms with E-state index in [4.69, 9.17) is 14.2 Å². The maximum absolute atomic E-state index is 11.7. The zero-order chi connectivity index (χ0) is 16.3. The summed E-state index contributed by atoms with van der Waals surface area (Å²) in [4.78, 5) is 14.0. The lowest BCUT2D eigenvalue weighted by Crippen LogP contribution is -2.44. The third-order valence-corrected chi connectivity index (χ3v) is 3.73. The minimum atomic E-state index is -0.154. The van der Waals surface area contributed by atoms with Gasteiger partial charge in [-0.25, -0.2) is 0 Å². The fourth-order valence-corrected chi connectivity index (χ4v) is 2.37. The summed E-state index contributed by atoms with van der Waals surface area (Å²) in [5.74, 6) is 1.42. The van der Waals surface area contributed by atoms with Crippen LogP contribution in [0.3, 0.4) is 0 Å². The second-order valence-electron chi connectivity index (χ2n) is 5.44. The molecule has 1 aliphatic rings. The molecule has 2 rings (SSSR count). The number of carbonyl (C=O) groups excluding carboxylic acids is 1. The standard InChI is InChI=1S/C17H26N2O4/c1-21-15-4-6-16(7-5-15)22-13-2-3-17(20)23-14-12-19-10-8-18-9-11-19/h4-7,18H,2-3,8-14H2,1H3. The Hall–Kier alpha value is -1.79. The molecule has 1 aliphatic heterocycles. The van der Waals surface area contributed by atoms with Crippen molar-refractivity contribution in [3.05, 3.63) is 24.3 Å². The zero-order valence-corrected chi connectivity index (χ0v) is 13.8. The molecule has 0 amide bonds. The summed E-state index contributed by atoms with van der Waals surface area (Å²) in [6.07, 6.45) is 1.04. The van der Waals surface area contributed by atoms with Gasteiger partial charge in [-0.3, -0.25) is 9.69 Å². The molecule has 1 aromatic carbocycles. The number of hydrogen-bond acceptors (Lipinski definition) is 6. The predicted octanol–water partition coefficient (Wildman–Crippen LogP) is 1.30. The number of hydrogen-bond donors (Lipinski definition) is 1. The van der Waals surface area contributed by atoms with Gasteiger partial charge in [0.1, 0.15) is 18.1 Å². The summed E-state index contributed by atoms with van der Waals surface area (Å²) >= 11 is 0. The van der Waals surface area contributed by atoms with Crippen molar-refractivity contribution in [2.45, 2.75) is 12.8 Å². The van der Waals surface area contributed by atoms with E-state index in [1.54, 1.807) is 7.11 Å². The highest BCUT2D eigenvalue weighted by Gasteiger charge is 2.10. The number of carbonyl (C=O) groups is 1. The van der Waals surface area contributed by atoms with E-state index < -0.39 is 0 Å². The molecule has 0 atom stereocenters.